The minimum Gasteiger partial charge on any atom is -0.370 e. The minimum atomic E-state index is -0.791. The lowest BCUT2D eigenvalue weighted by atomic mass is 10.2. The number of aryl methyl sites for hydroxylation is 1. The van der Waals surface area contributed by atoms with Crippen LogP contribution in [-0.2, 0) is 10.8 Å². The SMILES string of the molecule is Cc1cc(C#N)cc(NCCC(C)S(C)=O)n1. The first-order valence-corrected chi connectivity index (χ1v) is 7.10. The van der Waals surface area contributed by atoms with E-state index in [1.165, 1.54) is 0 Å². The molecular weight excluding hydrogens is 234 g/mol. The number of nitrogens with zero attached hydrogens (tertiary/aromatic N) is 2. The molecule has 4 nitrogen and oxygen atoms in total. The van der Waals surface area contributed by atoms with Crippen molar-refractivity contribution in [3.05, 3.63) is 23.4 Å². The highest BCUT2D eigenvalue weighted by Gasteiger charge is 2.06. The summed E-state index contributed by atoms with van der Waals surface area (Å²) in [6.45, 7) is 4.53. The Hall–Kier alpha value is -1.41. The van der Waals surface area contributed by atoms with Gasteiger partial charge >= 0.3 is 0 Å². The maximum Gasteiger partial charge on any atom is 0.127 e. The fourth-order valence-corrected chi connectivity index (χ4v) is 1.84. The summed E-state index contributed by atoms with van der Waals surface area (Å²) >= 11 is 0. The number of anilines is 1. The summed E-state index contributed by atoms with van der Waals surface area (Å²) in [5.74, 6) is 0.704. The smallest absolute Gasteiger partial charge is 0.127 e. The topological polar surface area (TPSA) is 65.8 Å². The lowest BCUT2D eigenvalue weighted by Gasteiger charge is -2.10. The molecule has 5 heteroatoms. The van der Waals surface area contributed by atoms with Crippen LogP contribution in [0.5, 0.6) is 0 Å². The van der Waals surface area contributed by atoms with Crippen LogP contribution in [0, 0.1) is 18.3 Å². The van der Waals surface area contributed by atoms with Crippen LogP contribution >= 0.6 is 0 Å². The Morgan fingerprint density at radius 2 is 2.29 bits per heavy atom. The molecule has 0 aliphatic heterocycles. The van der Waals surface area contributed by atoms with E-state index < -0.39 is 10.8 Å². The van der Waals surface area contributed by atoms with Gasteiger partial charge in [-0.3, -0.25) is 4.21 Å². The average Bonchev–Trinajstić information content (AvgIpc) is 2.27. The molecule has 17 heavy (non-hydrogen) atoms. The maximum atomic E-state index is 11.2. The van der Waals surface area contributed by atoms with Gasteiger partial charge in [0.25, 0.3) is 0 Å². The molecule has 1 heterocycles. The summed E-state index contributed by atoms with van der Waals surface area (Å²) in [5.41, 5.74) is 1.42. The van der Waals surface area contributed by atoms with Gasteiger partial charge in [-0.15, -0.1) is 0 Å². The summed E-state index contributed by atoms with van der Waals surface area (Å²) in [4.78, 5) is 4.29. The van der Waals surface area contributed by atoms with Crippen molar-refractivity contribution in [2.24, 2.45) is 0 Å². The van der Waals surface area contributed by atoms with E-state index >= 15 is 0 Å². The van der Waals surface area contributed by atoms with Crippen LogP contribution in [0.15, 0.2) is 12.1 Å². The monoisotopic (exact) mass is 251 g/mol. The predicted molar refractivity (Wildman–Crippen MR) is 70.3 cm³/mol. The Labute approximate surface area is 105 Å². The summed E-state index contributed by atoms with van der Waals surface area (Å²) < 4.78 is 11.2. The van der Waals surface area contributed by atoms with Gasteiger partial charge in [0.05, 0.1) is 11.6 Å². The maximum absolute atomic E-state index is 11.2. The van der Waals surface area contributed by atoms with Gasteiger partial charge in [-0.2, -0.15) is 5.26 Å². The average molecular weight is 251 g/mol. The molecule has 2 unspecified atom stereocenters. The number of pyridine rings is 1. The molecule has 1 rings (SSSR count). The van der Waals surface area contributed by atoms with Crippen molar-refractivity contribution in [2.75, 3.05) is 18.1 Å². The molecule has 0 bridgehead atoms. The van der Waals surface area contributed by atoms with Crippen molar-refractivity contribution in [3.8, 4) is 6.07 Å². The first-order valence-electron chi connectivity index (χ1n) is 5.48. The Morgan fingerprint density at radius 1 is 1.59 bits per heavy atom. The van der Waals surface area contributed by atoms with E-state index in [9.17, 15) is 4.21 Å². The van der Waals surface area contributed by atoms with E-state index in [1.807, 2.05) is 13.8 Å². The molecule has 0 aliphatic rings. The third kappa shape index (κ3) is 4.53. The third-order valence-corrected chi connectivity index (χ3v) is 3.88. The van der Waals surface area contributed by atoms with E-state index in [2.05, 4.69) is 16.4 Å². The molecule has 0 saturated heterocycles. The highest BCUT2D eigenvalue weighted by Crippen LogP contribution is 2.09. The van der Waals surface area contributed by atoms with Crippen LogP contribution in [0.4, 0.5) is 5.82 Å². The molecule has 0 saturated carbocycles. The Morgan fingerprint density at radius 3 is 2.88 bits per heavy atom. The summed E-state index contributed by atoms with van der Waals surface area (Å²) in [7, 11) is -0.791. The number of aromatic nitrogens is 1. The second-order valence-electron chi connectivity index (χ2n) is 4.02. The van der Waals surface area contributed by atoms with Gasteiger partial charge in [-0.05, 0) is 25.5 Å². The third-order valence-electron chi connectivity index (χ3n) is 2.51. The van der Waals surface area contributed by atoms with Gasteiger partial charge in [0.15, 0.2) is 0 Å². The molecule has 2 atom stereocenters. The van der Waals surface area contributed by atoms with Crippen LogP contribution in [0.1, 0.15) is 24.6 Å². The molecule has 0 radical (unpaired) electrons. The largest absolute Gasteiger partial charge is 0.370 e. The molecule has 1 N–H and O–H groups in total. The van der Waals surface area contributed by atoms with Crippen LogP contribution in [0.25, 0.3) is 0 Å². The fourth-order valence-electron chi connectivity index (χ4n) is 1.39. The molecule has 0 spiro atoms. The van der Waals surface area contributed by atoms with Crippen molar-refractivity contribution in [3.63, 3.8) is 0 Å². The molecule has 0 amide bonds. The highest BCUT2D eigenvalue weighted by molar-refractivity contribution is 7.84. The first-order chi connectivity index (χ1) is 8.02. The van der Waals surface area contributed by atoms with Crippen molar-refractivity contribution in [2.45, 2.75) is 25.5 Å². The lowest BCUT2D eigenvalue weighted by molar-refractivity contribution is 0.672. The Kier molecular flexibility index (Phi) is 5.11. The van der Waals surface area contributed by atoms with E-state index in [4.69, 9.17) is 5.26 Å². The van der Waals surface area contributed by atoms with Gasteiger partial charge in [0.1, 0.15) is 5.82 Å². The van der Waals surface area contributed by atoms with E-state index in [0.29, 0.717) is 17.9 Å². The molecule has 1 aromatic heterocycles. The number of hydrogen-bond donors (Lipinski definition) is 1. The van der Waals surface area contributed by atoms with Crippen molar-refractivity contribution < 1.29 is 4.21 Å². The van der Waals surface area contributed by atoms with Crippen molar-refractivity contribution in [1.82, 2.24) is 4.98 Å². The van der Waals surface area contributed by atoms with E-state index in [1.54, 1.807) is 18.4 Å². The van der Waals surface area contributed by atoms with Crippen LogP contribution < -0.4 is 5.32 Å². The number of nitrogens with one attached hydrogen (secondary N) is 1. The Bertz CT molecular complexity index is 454. The quantitative estimate of drug-likeness (QED) is 0.867. The summed E-state index contributed by atoms with van der Waals surface area (Å²) in [6.07, 6.45) is 2.53. The second kappa shape index (κ2) is 6.36. The predicted octanol–water partition coefficient (Wildman–Crippen LogP) is 1.83. The van der Waals surface area contributed by atoms with Gasteiger partial charge in [0.2, 0.25) is 0 Å². The van der Waals surface area contributed by atoms with E-state index in [-0.39, 0.29) is 5.25 Å². The van der Waals surface area contributed by atoms with Gasteiger partial charge in [-0.25, -0.2) is 4.98 Å². The normalized spacial score (nSPS) is 13.8. The van der Waals surface area contributed by atoms with Crippen LogP contribution in [0.3, 0.4) is 0 Å². The summed E-state index contributed by atoms with van der Waals surface area (Å²) in [6, 6.07) is 5.56. The zero-order valence-electron chi connectivity index (χ0n) is 10.4. The van der Waals surface area contributed by atoms with Gasteiger partial charge in [0, 0.05) is 34.5 Å². The second-order valence-corrected chi connectivity index (χ2v) is 5.82. The molecule has 0 aromatic carbocycles. The number of nitriles is 1. The zero-order chi connectivity index (χ0) is 12.8. The summed E-state index contributed by atoms with van der Waals surface area (Å²) in [5, 5.41) is 12.1. The van der Waals surface area contributed by atoms with E-state index in [0.717, 1.165) is 12.1 Å². The minimum absolute atomic E-state index is 0.169. The molecule has 92 valence electrons. The van der Waals surface area contributed by atoms with Crippen molar-refractivity contribution >= 4 is 16.6 Å². The molecule has 0 fully saturated rings. The number of rotatable bonds is 5. The molecule has 1 aromatic rings. The van der Waals surface area contributed by atoms with Crippen LogP contribution in [-0.4, -0.2) is 27.2 Å². The fraction of sp³-hybridized carbons (Fsp3) is 0.500. The first kappa shape index (κ1) is 13.7. The molecule has 0 aliphatic carbocycles. The van der Waals surface area contributed by atoms with Gasteiger partial charge in [-0.1, -0.05) is 6.92 Å². The lowest BCUT2D eigenvalue weighted by Crippen LogP contribution is -2.15. The Balaban J connectivity index is 2.55. The standard InChI is InChI=1S/C12H17N3OS/c1-9-6-11(8-13)7-12(15-9)14-5-4-10(2)17(3)16/h6-7,10H,4-5H2,1-3H3,(H,14,15). The molecular formula is C12H17N3OS. The van der Waals surface area contributed by atoms with Crippen LogP contribution in [0.2, 0.25) is 0 Å². The van der Waals surface area contributed by atoms with Gasteiger partial charge < -0.3 is 5.32 Å². The zero-order valence-corrected chi connectivity index (χ0v) is 11.2. The van der Waals surface area contributed by atoms with Crippen molar-refractivity contribution in [1.29, 1.82) is 5.26 Å². The highest BCUT2D eigenvalue weighted by atomic mass is 32.2. The number of hydrogen-bond acceptors (Lipinski definition) is 4.